The van der Waals surface area contributed by atoms with E-state index in [9.17, 15) is 4.39 Å². The predicted octanol–water partition coefficient (Wildman–Crippen LogP) is 4.83. The van der Waals surface area contributed by atoms with E-state index in [4.69, 9.17) is 23.1 Å². The maximum absolute atomic E-state index is 14.5. The van der Waals surface area contributed by atoms with Gasteiger partial charge < -0.3 is 16.0 Å². The molecule has 1 aliphatic carbocycles. The topological polar surface area (TPSA) is 95.6 Å². The van der Waals surface area contributed by atoms with Gasteiger partial charge in [0.2, 0.25) is 0 Å². The number of halogens is 2. The standard InChI is InChI=1S/C22H20ClFN6/c23-17-10-16-18(24)8-13(9-19(16)29-21(17)26)2-1-12-3-4-14(7-12)30-6-5-15-20(25)27-11-28-22(15)30/h5-11,14H,1-4H2,(H2,26,29)(H2,25,27,28). The number of nitrogens with two attached hydrogens (primary N) is 2. The lowest BCUT2D eigenvalue weighted by Gasteiger charge is -2.10. The van der Waals surface area contributed by atoms with Crippen LogP contribution in [0.4, 0.5) is 16.0 Å². The Balaban J connectivity index is 1.35. The summed E-state index contributed by atoms with van der Waals surface area (Å²) in [5.74, 6) is 0.381. The Kier molecular flexibility index (Phi) is 4.55. The van der Waals surface area contributed by atoms with E-state index in [-0.39, 0.29) is 22.7 Å². The third-order valence-electron chi connectivity index (χ3n) is 5.75. The Hall–Kier alpha value is -3.19. The smallest absolute Gasteiger partial charge is 0.146 e. The first-order valence-electron chi connectivity index (χ1n) is 9.80. The highest BCUT2D eigenvalue weighted by atomic mass is 35.5. The van der Waals surface area contributed by atoms with E-state index < -0.39 is 0 Å². The molecule has 6 nitrogen and oxygen atoms in total. The SMILES string of the molecule is Nc1nc2cc(CCC3=CC(n4ccc5c(N)ncnc54)CC3)cc(F)c2cc1Cl. The predicted molar refractivity (Wildman–Crippen MR) is 118 cm³/mol. The van der Waals surface area contributed by atoms with Gasteiger partial charge in [0, 0.05) is 11.6 Å². The molecule has 8 heteroatoms. The van der Waals surface area contributed by atoms with E-state index in [0.29, 0.717) is 16.7 Å². The van der Waals surface area contributed by atoms with Crippen molar-refractivity contribution in [3.05, 3.63) is 64.8 Å². The Labute approximate surface area is 177 Å². The molecule has 1 atom stereocenters. The Bertz CT molecular complexity index is 1310. The zero-order valence-corrected chi connectivity index (χ0v) is 16.9. The summed E-state index contributed by atoms with van der Waals surface area (Å²) in [5.41, 5.74) is 15.4. The molecule has 5 rings (SSSR count). The summed E-state index contributed by atoms with van der Waals surface area (Å²) in [6.45, 7) is 0. The van der Waals surface area contributed by atoms with E-state index in [1.54, 1.807) is 6.07 Å². The van der Waals surface area contributed by atoms with Gasteiger partial charge >= 0.3 is 0 Å². The number of fused-ring (bicyclic) bond motifs is 2. The molecule has 4 aromatic rings. The van der Waals surface area contributed by atoms with Crippen LogP contribution in [0.3, 0.4) is 0 Å². The van der Waals surface area contributed by atoms with Gasteiger partial charge in [-0.1, -0.05) is 23.3 Å². The van der Waals surface area contributed by atoms with E-state index in [2.05, 4.69) is 25.6 Å². The first-order chi connectivity index (χ1) is 14.5. The van der Waals surface area contributed by atoms with Gasteiger partial charge in [-0.3, -0.25) is 0 Å². The second-order valence-corrected chi connectivity index (χ2v) is 8.06. The van der Waals surface area contributed by atoms with Crippen molar-refractivity contribution in [1.29, 1.82) is 0 Å². The normalized spacial score (nSPS) is 16.5. The fourth-order valence-electron chi connectivity index (χ4n) is 4.18. The third-order valence-corrected chi connectivity index (χ3v) is 6.05. The second kappa shape index (κ2) is 7.25. The number of rotatable bonds is 4. The molecule has 152 valence electrons. The van der Waals surface area contributed by atoms with Crippen molar-refractivity contribution >= 4 is 45.2 Å². The minimum Gasteiger partial charge on any atom is -0.383 e. The lowest BCUT2D eigenvalue weighted by Crippen LogP contribution is -2.03. The molecule has 0 amide bonds. The molecule has 0 saturated heterocycles. The number of pyridine rings is 1. The average molecular weight is 423 g/mol. The van der Waals surface area contributed by atoms with Gasteiger partial charge in [-0.15, -0.1) is 0 Å². The largest absolute Gasteiger partial charge is 0.383 e. The van der Waals surface area contributed by atoms with Gasteiger partial charge in [0.05, 0.1) is 22.0 Å². The number of aromatic nitrogens is 4. The Morgan fingerprint density at radius 2 is 1.97 bits per heavy atom. The van der Waals surface area contributed by atoms with E-state index >= 15 is 0 Å². The highest BCUT2D eigenvalue weighted by molar-refractivity contribution is 6.33. The number of benzene rings is 1. The zero-order valence-electron chi connectivity index (χ0n) is 16.1. The van der Waals surface area contributed by atoms with E-state index in [0.717, 1.165) is 42.3 Å². The van der Waals surface area contributed by atoms with Crippen LogP contribution in [0, 0.1) is 5.82 Å². The lowest BCUT2D eigenvalue weighted by atomic mass is 10.0. The van der Waals surface area contributed by atoms with Crippen molar-refractivity contribution in [3.63, 3.8) is 0 Å². The van der Waals surface area contributed by atoms with Gasteiger partial charge in [0.15, 0.2) is 0 Å². The molecule has 0 bridgehead atoms. The van der Waals surface area contributed by atoms with Crippen LogP contribution in [0.25, 0.3) is 21.9 Å². The van der Waals surface area contributed by atoms with Gasteiger partial charge in [-0.25, -0.2) is 19.3 Å². The van der Waals surface area contributed by atoms with Gasteiger partial charge in [0.1, 0.15) is 29.4 Å². The molecule has 4 N–H and O–H groups in total. The average Bonchev–Trinajstić information content (AvgIpc) is 3.35. The summed E-state index contributed by atoms with van der Waals surface area (Å²) in [4.78, 5) is 12.7. The summed E-state index contributed by atoms with van der Waals surface area (Å²) in [7, 11) is 0. The summed E-state index contributed by atoms with van der Waals surface area (Å²) in [6, 6.07) is 7.17. The number of hydrogen-bond acceptors (Lipinski definition) is 5. The van der Waals surface area contributed by atoms with E-state index in [1.807, 2.05) is 18.3 Å². The van der Waals surface area contributed by atoms with Gasteiger partial charge in [-0.2, -0.15) is 0 Å². The molecule has 1 aromatic carbocycles. The quantitative estimate of drug-likeness (QED) is 0.459. The minimum absolute atomic E-state index is 0.213. The van der Waals surface area contributed by atoms with Gasteiger partial charge in [0.25, 0.3) is 0 Å². The van der Waals surface area contributed by atoms with Crippen LogP contribution in [0.1, 0.15) is 30.9 Å². The van der Waals surface area contributed by atoms with Crippen LogP contribution in [0.5, 0.6) is 0 Å². The van der Waals surface area contributed by atoms with Crippen LogP contribution >= 0.6 is 11.6 Å². The maximum Gasteiger partial charge on any atom is 0.146 e. The fourth-order valence-corrected chi connectivity index (χ4v) is 4.34. The molecule has 1 unspecified atom stereocenters. The first-order valence-corrected chi connectivity index (χ1v) is 10.2. The Morgan fingerprint density at radius 1 is 1.10 bits per heavy atom. The van der Waals surface area contributed by atoms with Gasteiger partial charge in [-0.05, 0) is 55.5 Å². The number of anilines is 2. The van der Waals surface area contributed by atoms with Crippen LogP contribution in [-0.2, 0) is 6.42 Å². The van der Waals surface area contributed by atoms with Crippen molar-refractivity contribution in [1.82, 2.24) is 19.5 Å². The molecule has 3 aromatic heterocycles. The minimum atomic E-state index is -0.328. The summed E-state index contributed by atoms with van der Waals surface area (Å²) >= 11 is 5.97. The number of aryl methyl sites for hydroxylation is 1. The highest BCUT2D eigenvalue weighted by Gasteiger charge is 2.20. The highest BCUT2D eigenvalue weighted by Crippen LogP contribution is 2.34. The molecule has 0 spiro atoms. The molecule has 0 radical (unpaired) electrons. The monoisotopic (exact) mass is 422 g/mol. The van der Waals surface area contributed by atoms with Crippen LogP contribution in [-0.4, -0.2) is 19.5 Å². The molecule has 1 aliphatic rings. The lowest BCUT2D eigenvalue weighted by molar-refractivity contribution is 0.603. The van der Waals surface area contributed by atoms with Crippen LogP contribution in [0.2, 0.25) is 5.02 Å². The number of hydrogen-bond donors (Lipinski definition) is 2. The molecular weight excluding hydrogens is 403 g/mol. The first kappa shape index (κ1) is 18.8. The van der Waals surface area contributed by atoms with Crippen LogP contribution in [0.15, 0.2) is 48.4 Å². The molecule has 0 saturated carbocycles. The van der Waals surface area contributed by atoms with Crippen molar-refractivity contribution in [2.45, 2.75) is 31.7 Å². The number of nitrogen functional groups attached to an aromatic ring is 2. The van der Waals surface area contributed by atoms with Crippen molar-refractivity contribution in [2.24, 2.45) is 0 Å². The molecular formula is C22H20ClFN6. The summed E-state index contributed by atoms with van der Waals surface area (Å²) in [5, 5.41) is 1.53. The fraction of sp³-hybridized carbons (Fsp3) is 0.227. The van der Waals surface area contributed by atoms with E-state index in [1.165, 1.54) is 18.0 Å². The number of nitrogens with zero attached hydrogens (tertiary/aromatic N) is 4. The Morgan fingerprint density at radius 3 is 2.83 bits per heavy atom. The second-order valence-electron chi connectivity index (χ2n) is 7.65. The third kappa shape index (κ3) is 3.25. The molecule has 30 heavy (non-hydrogen) atoms. The zero-order chi connectivity index (χ0) is 20.8. The number of allylic oxidation sites excluding steroid dienone is 2. The summed E-state index contributed by atoms with van der Waals surface area (Å²) in [6.07, 6.45) is 9.40. The van der Waals surface area contributed by atoms with Crippen molar-refractivity contribution in [3.8, 4) is 0 Å². The molecule has 3 heterocycles. The summed E-state index contributed by atoms with van der Waals surface area (Å²) < 4.78 is 16.7. The van der Waals surface area contributed by atoms with Crippen molar-refractivity contribution in [2.75, 3.05) is 11.5 Å². The molecule has 0 fully saturated rings. The molecule has 0 aliphatic heterocycles. The van der Waals surface area contributed by atoms with Crippen molar-refractivity contribution < 1.29 is 4.39 Å². The maximum atomic E-state index is 14.5. The van der Waals surface area contributed by atoms with Crippen LogP contribution < -0.4 is 11.5 Å².